The van der Waals surface area contributed by atoms with Gasteiger partial charge in [-0.2, -0.15) is 0 Å². The second-order valence-electron chi connectivity index (χ2n) is 3.93. The Kier molecular flexibility index (Phi) is 5.26. The molecule has 2 amide bonds. The Morgan fingerprint density at radius 1 is 1.41 bits per heavy atom. The average molecular weight is 237 g/mol. The first-order chi connectivity index (χ1) is 8.15. The third-order valence-corrected chi connectivity index (χ3v) is 2.44. The van der Waals surface area contributed by atoms with E-state index in [4.69, 9.17) is 0 Å². The number of anilines is 1. The predicted molar refractivity (Wildman–Crippen MR) is 68.2 cm³/mol. The number of unbranched alkanes of at least 4 members (excludes halogenated alkanes) is 2. The maximum absolute atomic E-state index is 11.6. The molecule has 17 heavy (non-hydrogen) atoms. The van der Waals surface area contributed by atoms with Crippen LogP contribution in [0.1, 0.15) is 26.2 Å². The first-order valence-electron chi connectivity index (χ1n) is 5.85. The number of nitrogens with one attached hydrogen (secondary N) is 2. The van der Waals surface area contributed by atoms with Gasteiger partial charge in [0.1, 0.15) is 5.69 Å². The van der Waals surface area contributed by atoms with Crippen LogP contribution in [0.5, 0.6) is 0 Å². The maximum Gasteiger partial charge on any atom is 0.319 e. The molecule has 0 aromatic carbocycles. The SMILES string of the molecule is CCCCCNC(=O)Nc1cccn(C)c1=O. The maximum atomic E-state index is 11.6. The summed E-state index contributed by atoms with van der Waals surface area (Å²) in [5, 5.41) is 5.26. The molecule has 1 aromatic heterocycles. The highest BCUT2D eigenvalue weighted by Crippen LogP contribution is 1.97. The molecule has 0 saturated heterocycles. The summed E-state index contributed by atoms with van der Waals surface area (Å²) in [5.74, 6) is 0. The number of nitrogens with zero attached hydrogens (tertiary/aromatic N) is 1. The van der Waals surface area contributed by atoms with E-state index in [1.54, 1.807) is 25.4 Å². The molecule has 0 aliphatic carbocycles. The lowest BCUT2D eigenvalue weighted by Crippen LogP contribution is -2.32. The fourth-order valence-electron chi connectivity index (χ4n) is 1.44. The van der Waals surface area contributed by atoms with E-state index in [-0.39, 0.29) is 11.6 Å². The summed E-state index contributed by atoms with van der Waals surface area (Å²) in [4.78, 5) is 23.1. The highest BCUT2D eigenvalue weighted by Gasteiger charge is 2.04. The number of rotatable bonds is 5. The summed E-state index contributed by atoms with van der Waals surface area (Å²) < 4.78 is 1.42. The smallest absolute Gasteiger partial charge is 0.319 e. The minimum absolute atomic E-state index is 0.212. The third kappa shape index (κ3) is 4.30. The molecule has 0 radical (unpaired) electrons. The molecule has 0 unspecified atom stereocenters. The normalized spacial score (nSPS) is 10.0. The van der Waals surface area contributed by atoms with Crippen LogP contribution in [0.4, 0.5) is 10.5 Å². The zero-order valence-corrected chi connectivity index (χ0v) is 10.3. The summed E-state index contributed by atoms with van der Waals surface area (Å²) in [6.07, 6.45) is 4.80. The second kappa shape index (κ2) is 6.73. The van der Waals surface area contributed by atoms with Gasteiger partial charge >= 0.3 is 6.03 Å². The van der Waals surface area contributed by atoms with Crippen LogP contribution in [-0.4, -0.2) is 17.1 Å². The van der Waals surface area contributed by atoms with Gasteiger partial charge < -0.3 is 15.2 Å². The molecular formula is C12H19N3O2. The lowest BCUT2D eigenvalue weighted by Gasteiger charge is -2.07. The molecule has 0 spiro atoms. The zero-order valence-electron chi connectivity index (χ0n) is 10.3. The molecule has 94 valence electrons. The van der Waals surface area contributed by atoms with Crippen molar-refractivity contribution in [3.8, 4) is 0 Å². The number of aromatic nitrogens is 1. The second-order valence-corrected chi connectivity index (χ2v) is 3.93. The van der Waals surface area contributed by atoms with Gasteiger partial charge in [0, 0.05) is 19.8 Å². The number of hydrogen-bond acceptors (Lipinski definition) is 2. The summed E-state index contributed by atoms with van der Waals surface area (Å²) in [6.45, 7) is 2.74. The predicted octanol–water partition coefficient (Wildman–Crippen LogP) is 1.70. The number of amides is 2. The number of aryl methyl sites for hydroxylation is 1. The van der Waals surface area contributed by atoms with Gasteiger partial charge in [-0.25, -0.2) is 4.79 Å². The first kappa shape index (κ1) is 13.3. The van der Waals surface area contributed by atoms with Crippen molar-refractivity contribution in [2.75, 3.05) is 11.9 Å². The van der Waals surface area contributed by atoms with Crippen molar-refractivity contribution < 1.29 is 4.79 Å². The van der Waals surface area contributed by atoms with Crippen LogP contribution < -0.4 is 16.2 Å². The molecule has 2 N–H and O–H groups in total. The van der Waals surface area contributed by atoms with Crippen molar-refractivity contribution >= 4 is 11.7 Å². The minimum atomic E-state index is -0.329. The zero-order chi connectivity index (χ0) is 12.7. The van der Waals surface area contributed by atoms with E-state index in [0.29, 0.717) is 12.2 Å². The Morgan fingerprint density at radius 2 is 2.18 bits per heavy atom. The standard InChI is InChI=1S/C12H19N3O2/c1-3-4-5-8-13-12(17)14-10-7-6-9-15(2)11(10)16/h6-7,9H,3-5,8H2,1-2H3,(H2,13,14,17). The molecule has 5 heteroatoms. The molecule has 0 aliphatic heterocycles. The van der Waals surface area contributed by atoms with Gasteiger partial charge in [0.15, 0.2) is 0 Å². The van der Waals surface area contributed by atoms with Crippen LogP contribution in [0.15, 0.2) is 23.1 Å². The Hall–Kier alpha value is -1.78. The molecular weight excluding hydrogens is 218 g/mol. The van der Waals surface area contributed by atoms with E-state index in [1.807, 2.05) is 0 Å². The lowest BCUT2D eigenvalue weighted by atomic mass is 10.2. The molecule has 0 fully saturated rings. The van der Waals surface area contributed by atoms with Crippen molar-refractivity contribution in [1.29, 1.82) is 0 Å². The lowest BCUT2D eigenvalue weighted by molar-refractivity contribution is 0.252. The number of urea groups is 1. The molecule has 0 bridgehead atoms. The molecule has 1 heterocycles. The first-order valence-corrected chi connectivity index (χ1v) is 5.85. The van der Waals surface area contributed by atoms with Crippen molar-refractivity contribution in [1.82, 2.24) is 9.88 Å². The van der Waals surface area contributed by atoms with Crippen LogP contribution >= 0.6 is 0 Å². The summed E-state index contributed by atoms with van der Waals surface area (Å²) in [5.41, 5.74) is 0.0826. The molecule has 1 rings (SSSR count). The Bertz CT molecular complexity index is 426. The van der Waals surface area contributed by atoms with Gasteiger partial charge in [0.25, 0.3) is 5.56 Å². The van der Waals surface area contributed by atoms with Gasteiger partial charge in [-0.05, 0) is 18.6 Å². The molecule has 0 atom stereocenters. The summed E-state index contributed by atoms with van der Waals surface area (Å²) in [7, 11) is 1.65. The van der Waals surface area contributed by atoms with E-state index in [2.05, 4.69) is 17.6 Å². The van der Waals surface area contributed by atoms with Crippen molar-refractivity contribution in [2.24, 2.45) is 7.05 Å². The number of pyridine rings is 1. The fraction of sp³-hybridized carbons (Fsp3) is 0.500. The summed E-state index contributed by atoms with van der Waals surface area (Å²) >= 11 is 0. The molecule has 1 aromatic rings. The minimum Gasteiger partial charge on any atom is -0.338 e. The van der Waals surface area contributed by atoms with Crippen molar-refractivity contribution in [3.63, 3.8) is 0 Å². The highest BCUT2D eigenvalue weighted by molar-refractivity contribution is 5.88. The van der Waals surface area contributed by atoms with Gasteiger partial charge in [-0.3, -0.25) is 4.79 Å². The average Bonchev–Trinajstić information content (AvgIpc) is 2.31. The Morgan fingerprint density at radius 3 is 2.88 bits per heavy atom. The van der Waals surface area contributed by atoms with Crippen LogP contribution in [0.2, 0.25) is 0 Å². The number of carbonyl (C=O) groups excluding carboxylic acids is 1. The fourth-order valence-corrected chi connectivity index (χ4v) is 1.44. The van der Waals surface area contributed by atoms with E-state index < -0.39 is 0 Å². The van der Waals surface area contributed by atoms with Crippen LogP contribution in [0, 0.1) is 0 Å². The van der Waals surface area contributed by atoms with Gasteiger partial charge in [0.2, 0.25) is 0 Å². The quantitative estimate of drug-likeness (QED) is 0.765. The van der Waals surface area contributed by atoms with Crippen LogP contribution in [-0.2, 0) is 7.05 Å². The molecule has 0 saturated carbocycles. The van der Waals surface area contributed by atoms with E-state index in [0.717, 1.165) is 19.3 Å². The monoisotopic (exact) mass is 237 g/mol. The van der Waals surface area contributed by atoms with E-state index in [9.17, 15) is 9.59 Å². The van der Waals surface area contributed by atoms with Gasteiger partial charge in [-0.1, -0.05) is 19.8 Å². The van der Waals surface area contributed by atoms with E-state index >= 15 is 0 Å². The van der Waals surface area contributed by atoms with Crippen molar-refractivity contribution in [2.45, 2.75) is 26.2 Å². The highest BCUT2D eigenvalue weighted by atomic mass is 16.2. The van der Waals surface area contributed by atoms with Crippen LogP contribution in [0.3, 0.4) is 0 Å². The third-order valence-electron chi connectivity index (χ3n) is 2.44. The van der Waals surface area contributed by atoms with Crippen LogP contribution in [0.25, 0.3) is 0 Å². The van der Waals surface area contributed by atoms with Gasteiger partial charge in [0.05, 0.1) is 0 Å². The molecule has 0 aliphatic rings. The Balaban J connectivity index is 2.46. The largest absolute Gasteiger partial charge is 0.338 e. The van der Waals surface area contributed by atoms with E-state index in [1.165, 1.54) is 4.57 Å². The molecule has 5 nitrogen and oxygen atoms in total. The number of carbonyl (C=O) groups is 1. The summed E-state index contributed by atoms with van der Waals surface area (Å²) in [6, 6.07) is 2.98. The Labute approximate surface area is 101 Å². The van der Waals surface area contributed by atoms with Crippen molar-refractivity contribution in [3.05, 3.63) is 28.7 Å². The number of hydrogen-bond donors (Lipinski definition) is 2. The van der Waals surface area contributed by atoms with Gasteiger partial charge in [-0.15, -0.1) is 0 Å². The topological polar surface area (TPSA) is 63.1 Å².